The Morgan fingerprint density at radius 1 is 1.20 bits per heavy atom. The van der Waals surface area contributed by atoms with Gasteiger partial charge in [-0.2, -0.15) is 0 Å². The summed E-state index contributed by atoms with van der Waals surface area (Å²) in [6.07, 6.45) is 5.66. The van der Waals surface area contributed by atoms with Crippen LogP contribution in [-0.4, -0.2) is 24.2 Å². The summed E-state index contributed by atoms with van der Waals surface area (Å²) in [6.45, 7) is 0. The van der Waals surface area contributed by atoms with E-state index in [-0.39, 0.29) is 17.8 Å². The van der Waals surface area contributed by atoms with Crippen molar-refractivity contribution in [2.24, 2.45) is 23.7 Å². The quantitative estimate of drug-likeness (QED) is 0.547. The van der Waals surface area contributed by atoms with Crippen molar-refractivity contribution in [1.82, 2.24) is 0 Å². The molecule has 3 rings (SSSR count). The number of rotatable bonds is 2. The van der Waals surface area contributed by atoms with Gasteiger partial charge in [0.2, 0.25) is 0 Å². The van der Waals surface area contributed by atoms with Gasteiger partial charge in [0.05, 0.1) is 18.9 Å². The van der Waals surface area contributed by atoms with E-state index in [4.69, 9.17) is 5.11 Å². The van der Waals surface area contributed by atoms with E-state index in [0.29, 0.717) is 0 Å². The van der Waals surface area contributed by atoms with E-state index >= 15 is 0 Å². The summed E-state index contributed by atoms with van der Waals surface area (Å²) in [5, 5.41) is 9.13. The Balaban J connectivity index is 2.30. The summed E-state index contributed by atoms with van der Waals surface area (Å²) in [5.74, 6) is -2.32. The van der Waals surface area contributed by atoms with Crippen LogP contribution in [0.4, 0.5) is 0 Å². The fourth-order valence-corrected chi connectivity index (χ4v) is 2.79. The van der Waals surface area contributed by atoms with Crippen LogP contribution >= 0.6 is 0 Å². The van der Waals surface area contributed by atoms with E-state index in [1.807, 2.05) is 12.2 Å². The smallest absolute Gasteiger partial charge is 0.310 e. The highest BCUT2D eigenvalue weighted by Crippen LogP contribution is 2.45. The van der Waals surface area contributed by atoms with Crippen molar-refractivity contribution in [3.8, 4) is 0 Å². The molecule has 3 aliphatic rings. The Morgan fingerprint density at radius 2 is 1.73 bits per heavy atom. The Morgan fingerprint density at radius 3 is 2.13 bits per heavy atom. The highest BCUT2D eigenvalue weighted by Gasteiger charge is 2.48. The predicted octanol–water partition coefficient (Wildman–Crippen LogP) is 1.07. The van der Waals surface area contributed by atoms with Gasteiger partial charge in [-0.1, -0.05) is 12.2 Å². The van der Waals surface area contributed by atoms with Crippen LogP contribution in [0.2, 0.25) is 0 Å². The second-order valence-corrected chi connectivity index (χ2v) is 4.20. The van der Waals surface area contributed by atoms with E-state index in [1.165, 1.54) is 7.11 Å². The first-order valence-electron chi connectivity index (χ1n) is 5.14. The van der Waals surface area contributed by atoms with Crippen LogP contribution in [0.5, 0.6) is 0 Å². The summed E-state index contributed by atoms with van der Waals surface area (Å²) in [6, 6.07) is 0. The van der Waals surface area contributed by atoms with Crippen LogP contribution in [0.25, 0.3) is 0 Å². The zero-order valence-corrected chi connectivity index (χ0v) is 8.55. The highest BCUT2D eigenvalue weighted by atomic mass is 16.5. The third kappa shape index (κ3) is 1.54. The first kappa shape index (κ1) is 10.2. The SMILES string of the molecule is COC(=O)C1C2C=C[C@@H](CC2)[C@@H]1C(=O)O. The molecular weight excluding hydrogens is 196 g/mol. The summed E-state index contributed by atoms with van der Waals surface area (Å²) in [5.41, 5.74) is 0. The van der Waals surface area contributed by atoms with Crippen LogP contribution in [0.3, 0.4) is 0 Å². The van der Waals surface area contributed by atoms with Gasteiger partial charge in [-0.05, 0) is 24.7 Å². The first-order valence-corrected chi connectivity index (χ1v) is 5.14. The zero-order chi connectivity index (χ0) is 11.0. The van der Waals surface area contributed by atoms with Gasteiger partial charge < -0.3 is 9.84 Å². The minimum absolute atomic E-state index is 0.00315. The molecule has 1 N–H and O–H groups in total. The number of fused-ring (bicyclic) bond motifs is 2. The largest absolute Gasteiger partial charge is 0.481 e. The number of carbonyl (C=O) groups is 2. The van der Waals surface area contributed by atoms with Crippen LogP contribution in [0.15, 0.2) is 12.2 Å². The first-order chi connectivity index (χ1) is 7.15. The molecule has 0 spiro atoms. The number of ether oxygens (including phenoxy) is 1. The molecule has 0 aliphatic heterocycles. The maximum absolute atomic E-state index is 11.6. The molecule has 4 atom stereocenters. The molecule has 3 aliphatic carbocycles. The van der Waals surface area contributed by atoms with Crippen LogP contribution in [-0.2, 0) is 14.3 Å². The number of esters is 1. The van der Waals surface area contributed by atoms with Gasteiger partial charge in [-0.3, -0.25) is 9.59 Å². The van der Waals surface area contributed by atoms with Gasteiger partial charge in [-0.25, -0.2) is 0 Å². The molecule has 0 heterocycles. The molecule has 4 nitrogen and oxygen atoms in total. The summed E-state index contributed by atoms with van der Waals surface area (Å²) in [7, 11) is 1.31. The third-order valence-corrected chi connectivity index (χ3v) is 3.51. The van der Waals surface area contributed by atoms with E-state index in [9.17, 15) is 9.59 Å². The van der Waals surface area contributed by atoms with Gasteiger partial charge in [0.15, 0.2) is 0 Å². The molecule has 1 saturated carbocycles. The summed E-state index contributed by atoms with van der Waals surface area (Å²) >= 11 is 0. The third-order valence-electron chi connectivity index (χ3n) is 3.51. The molecule has 0 radical (unpaired) electrons. The lowest BCUT2D eigenvalue weighted by atomic mass is 9.62. The molecule has 82 valence electrons. The Kier molecular flexibility index (Phi) is 2.50. The Bertz CT molecular complexity index is 321. The lowest BCUT2D eigenvalue weighted by Gasteiger charge is -2.41. The zero-order valence-electron chi connectivity index (χ0n) is 8.55. The van der Waals surface area contributed by atoms with Crippen LogP contribution < -0.4 is 0 Å². The Labute approximate surface area is 87.9 Å². The molecule has 0 aromatic rings. The Hall–Kier alpha value is -1.32. The number of aliphatic carboxylic acids is 1. The predicted molar refractivity (Wildman–Crippen MR) is 52.0 cm³/mol. The molecule has 0 saturated heterocycles. The number of carboxylic acid groups (broad SMARTS) is 1. The van der Waals surface area contributed by atoms with Gasteiger partial charge in [0.1, 0.15) is 0 Å². The van der Waals surface area contributed by atoms with Crippen LogP contribution in [0.1, 0.15) is 12.8 Å². The normalized spacial score (nSPS) is 37.7. The van der Waals surface area contributed by atoms with Gasteiger partial charge in [0, 0.05) is 0 Å². The average molecular weight is 210 g/mol. The summed E-state index contributed by atoms with van der Waals surface area (Å²) in [4.78, 5) is 22.7. The second kappa shape index (κ2) is 3.68. The maximum atomic E-state index is 11.6. The molecule has 0 aromatic heterocycles. The van der Waals surface area contributed by atoms with Gasteiger partial charge in [-0.15, -0.1) is 0 Å². The summed E-state index contributed by atoms with van der Waals surface area (Å²) < 4.78 is 4.69. The average Bonchev–Trinajstić information content (AvgIpc) is 2.28. The number of allylic oxidation sites excluding steroid dienone is 2. The minimum Gasteiger partial charge on any atom is -0.481 e. The number of hydrogen-bond donors (Lipinski definition) is 1. The van der Waals surface area contributed by atoms with E-state index in [0.717, 1.165) is 12.8 Å². The molecule has 1 fully saturated rings. The van der Waals surface area contributed by atoms with Crippen molar-refractivity contribution in [3.05, 3.63) is 12.2 Å². The van der Waals surface area contributed by atoms with Crippen molar-refractivity contribution in [1.29, 1.82) is 0 Å². The second-order valence-electron chi connectivity index (χ2n) is 4.20. The molecular formula is C11H14O4. The standard InChI is InChI=1S/C11H14O4/c1-15-11(14)9-7-4-2-6(3-5-7)8(9)10(12)13/h2,4,6-9H,3,5H2,1H3,(H,12,13)/t6-,7?,8-,9?/m0/s1. The van der Waals surface area contributed by atoms with Crippen molar-refractivity contribution < 1.29 is 19.4 Å². The molecule has 15 heavy (non-hydrogen) atoms. The lowest BCUT2D eigenvalue weighted by Crippen LogP contribution is -2.45. The number of carbonyl (C=O) groups excluding carboxylic acids is 1. The number of carboxylic acids is 1. The monoisotopic (exact) mass is 210 g/mol. The number of methoxy groups -OCH3 is 1. The van der Waals surface area contributed by atoms with Crippen molar-refractivity contribution in [3.63, 3.8) is 0 Å². The molecule has 2 unspecified atom stereocenters. The van der Waals surface area contributed by atoms with Crippen molar-refractivity contribution >= 4 is 11.9 Å². The van der Waals surface area contributed by atoms with Crippen molar-refractivity contribution in [2.75, 3.05) is 7.11 Å². The number of hydrogen-bond acceptors (Lipinski definition) is 3. The van der Waals surface area contributed by atoms with E-state index in [2.05, 4.69) is 4.74 Å². The van der Waals surface area contributed by atoms with Crippen LogP contribution in [0, 0.1) is 23.7 Å². The topological polar surface area (TPSA) is 63.6 Å². The fraction of sp³-hybridized carbons (Fsp3) is 0.636. The molecule has 0 amide bonds. The fourth-order valence-electron chi connectivity index (χ4n) is 2.79. The van der Waals surface area contributed by atoms with Gasteiger partial charge in [0.25, 0.3) is 0 Å². The minimum atomic E-state index is -0.885. The molecule has 4 heteroatoms. The highest BCUT2D eigenvalue weighted by molar-refractivity contribution is 5.82. The van der Waals surface area contributed by atoms with E-state index < -0.39 is 17.8 Å². The van der Waals surface area contributed by atoms with E-state index in [1.54, 1.807) is 0 Å². The maximum Gasteiger partial charge on any atom is 0.310 e. The lowest BCUT2D eigenvalue weighted by molar-refractivity contribution is -0.162. The molecule has 2 bridgehead atoms. The van der Waals surface area contributed by atoms with Crippen molar-refractivity contribution in [2.45, 2.75) is 12.8 Å². The molecule has 0 aromatic carbocycles. The van der Waals surface area contributed by atoms with Gasteiger partial charge >= 0.3 is 11.9 Å².